The van der Waals surface area contributed by atoms with Crippen LogP contribution in [0.3, 0.4) is 0 Å². The van der Waals surface area contributed by atoms with Crippen LogP contribution in [0.2, 0.25) is 0 Å². The molecule has 0 unspecified atom stereocenters. The molecule has 3 rings (SSSR count). The predicted octanol–water partition coefficient (Wildman–Crippen LogP) is 2.91. The van der Waals surface area contributed by atoms with Crippen LogP contribution in [0, 0.1) is 12.7 Å². The largest absolute Gasteiger partial charge is 0.360 e. The number of benzene rings is 1. The summed E-state index contributed by atoms with van der Waals surface area (Å²) in [7, 11) is 0. The SMILES string of the molecule is Cc1cc2c(NCC(=O)NCCc3ccc(F)cc3)ncnc2s1. The maximum atomic E-state index is 12.8. The van der Waals surface area contributed by atoms with Gasteiger partial charge in [-0.05, 0) is 37.1 Å². The fourth-order valence-corrected chi connectivity index (χ4v) is 3.19. The molecule has 124 valence electrons. The van der Waals surface area contributed by atoms with Gasteiger partial charge >= 0.3 is 0 Å². The molecule has 0 fully saturated rings. The molecule has 5 nitrogen and oxygen atoms in total. The summed E-state index contributed by atoms with van der Waals surface area (Å²) in [6, 6.07) is 8.28. The Morgan fingerprint density at radius 3 is 2.83 bits per heavy atom. The van der Waals surface area contributed by atoms with Crippen LogP contribution in [0.5, 0.6) is 0 Å². The molecule has 3 aromatic rings. The van der Waals surface area contributed by atoms with E-state index in [4.69, 9.17) is 0 Å². The molecule has 0 atom stereocenters. The minimum Gasteiger partial charge on any atom is -0.360 e. The van der Waals surface area contributed by atoms with Gasteiger partial charge in [-0.15, -0.1) is 11.3 Å². The van der Waals surface area contributed by atoms with Gasteiger partial charge in [0.05, 0.1) is 11.9 Å². The zero-order chi connectivity index (χ0) is 16.9. The van der Waals surface area contributed by atoms with Gasteiger partial charge in [0.15, 0.2) is 0 Å². The Balaban J connectivity index is 1.49. The van der Waals surface area contributed by atoms with E-state index in [1.54, 1.807) is 23.5 Å². The van der Waals surface area contributed by atoms with Gasteiger partial charge in [0.2, 0.25) is 5.91 Å². The number of nitrogens with one attached hydrogen (secondary N) is 2. The number of aromatic nitrogens is 2. The topological polar surface area (TPSA) is 66.9 Å². The summed E-state index contributed by atoms with van der Waals surface area (Å²) in [5, 5.41) is 6.81. The van der Waals surface area contributed by atoms with Crippen molar-refractivity contribution < 1.29 is 9.18 Å². The minimum atomic E-state index is -0.258. The van der Waals surface area contributed by atoms with Crippen LogP contribution in [0.15, 0.2) is 36.7 Å². The maximum absolute atomic E-state index is 12.8. The molecule has 1 amide bonds. The summed E-state index contributed by atoms with van der Waals surface area (Å²) < 4.78 is 12.8. The smallest absolute Gasteiger partial charge is 0.239 e. The van der Waals surface area contributed by atoms with Crippen molar-refractivity contribution in [2.75, 3.05) is 18.4 Å². The standard InChI is InChI=1S/C17H17FN4OS/c1-11-8-14-16(21-10-22-17(14)24-11)20-9-15(23)19-7-6-12-2-4-13(18)5-3-12/h2-5,8,10H,6-7,9H2,1H3,(H,19,23)(H,20,21,22). The number of nitrogens with zero attached hydrogens (tertiary/aromatic N) is 2. The van der Waals surface area contributed by atoms with E-state index < -0.39 is 0 Å². The number of amides is 1. The van der Waals surface area contributed by atoms with Gasteiger partial charge in [-0.1, -0.05) is 12.1 Å². The van der Waals surface area contributed by atoms with E-state index >= 15 is 0 Å². The zero-order valence-corrected chi connectivity index (χ0v) is 14.0. The van der Waals surface area contributed by atoms with Crippen molar-refractivity contribution >= 4 is 33.3 Å². The van der Waals surface area contributed by atoms with Gasteiger partial charge in [0.25, 0.3) is 0 Å². The summed E-state index contributed by atoms with van der Waals surface area (Å²) >= 11 is 1.59. The monoisotopic (exact) mass is 344 g/mol. The van der Waals surface area contributed by atoms with E-state index in [9.17, 15) is 9.18 Å². The Morgan fingerprint density at radius 2 is 2.04 bits per heavy atom. The van der Waals surface area contributed by atoms with Gasteiger partial charge in [-0.2, -0.15) is 0 Å². The van der Waals surface area contributed by atoms with Crippen molar-refractivity contribution in [3.05, 3.63) is 52.9 Å². The zero-order valence-electron chi connectivity index (χ0n) is 13.2. The van der Waals surface area contributed by atoms with Crippen molar-refractivity contribution in [2.24, 2.45) is 0 Å². The highest BCUT2D eigenvalue weighted by Crippen LogP contribution is 2.27. The number of fused-ring (bicyclic) bond motifs is 1. The first-order valence-electron chi connectivity index (χ1n) is 7.58. The van der Waals surface area contributed by atoms with Crippen molar-refractivity contribution in [3.8, 4) is 0 Å². The summed E-state index contributed by atoms with van der Waals surface area (Å²) in [4.78, 5) is 22.4. The van der Waals surface area contributed by atoms with E-state index in [0.29, 0.717) is 18.8 Å². The van der Waals surface area contributed by atoms with Crippen molar-refractivity contribution in [1.29, 1.82) is 0 Å². The number of hydrogen-bond acceptors (Lipinski definition) is 5. The average Bonchev–Trinajstić information content (AvgIpc) is 2.95. The number of hydrogen-bond donors (Lipinski definition) is 2. The van der Waals surface area contributed by atoms with Crippen molar-refractivity contribution in [1.82, 2.24) is 15.3 Å². The van der Waals surface area contributed by atoms with Gasteiger partial charge in [0, 0.05) is 11.4 Å². The molecule has 0 aliphatic carbocycles. The molecule has 2 aromatic heterocycles. The molecule has 0 aliphatic heterocycles. The fraction of sp³-hybridized carbons (Fsp3) is 0.235. The fourth-order valence-electron chi connectivity index (χ4n) is 2.34. The van der Waals surface area contributed by atoms with E-state index in [-0.39, 0.29) is 18.3 Å². The Kier molecular flexibility index (Phi) is 5.00. The molecular formula is C17H17FN4OS. The molecule has 0 radical (unpaired) electrons. The number of carbonyl (C=O) groups excluding carboxylic acids is 1. The lowest BCUT2D eigenvalue weighted by Gasteiger charge is -2.08. The van der Waals surface area contributed by atoms with Crippen LogP contribution in [-0.4, -0.2) is 29.0 Å². The van der Waals surface area contributed by atoms with E-state index in [1.807, 2.05) is 13.0 Å². The number of thiophene rings is 1. The molecule has 7 heteroatoms. The highest BCUT2D eigenvalue weighted by Gasteiger charge is 2.08. The Morgan fingerprint density at radius 1 is 1.25 bits per heavy atom. The molecule has 0 aliphatic rings. The number of anilines is 1. The number of carbonyl (C=O) groups is 1. The third kappa shape index (κ3) is 4.05. The lowest BCUT2D eigenvalue weighted by Crippen LogP contribution is -2.31. The Labute approximate surface area is 143 Å². The molecule has 2 heterocycles. The highest BCUT2D eigenvalue weighted by molar-refractivity contribution is 7.18. The van der Waals surface area contributed by atoms with Crippen LogP contribution in [0.1, 0.15) is 10.4 Å². The van der Waals surface area contributed by atoms with Crippen molar-refractivity contribution in [3.63, 3.8) is 0 Å². The van der Waals surface area contributed by atoms with E-state index in [0.717, 1.165) is 20.7 Å². The lowest BCUT2D eigenvalue weighted by molar-refractivity contribution is -0.119. The van der Waals surface area contributed by atoms with E-state index in [1.165, 1.54) is 18.5 Å². The minimum absolute atomic E-state index is 0.115. The number of halogens is 1. The maximum Gasteiger partial charge on any atom is 0.239 e. The number of aryl methyl sites for hydroxylation is 1. The molecule has 0 spiro atoms. The van der Waals surface area contributed by atoms with Crippen molar-refractivity contribution in [2.45, 2.75) is 13.3 Å². The summed E-state index contributed by atoms with van der Waals surface area (Å²) in [5.74, 6) is 0.292. The predicted molar refractivity (Wildman–Crippen MR) is 93.8 cm³/mol. The quantitative estimate of drug-likeness (QED) is 0.721. The second kappa shape index (κ2) is 7.35. The lowest BCUT2D eigenvalue weighted by atomic mass is 10.1. The van der Waals surface area contributed by atoms with E-state index in [2.05, 4.69) is 20.6 Å². The third-order valence-corrected chi connectivity index (χ3v) is 4.48. The normalized spacial score (nSPS) is 10.8. The first kappa shape index (κ1) is 16.3. The first-order valence-corrected chi connectivity index (χ1v) is 8.39. The second-order valence-corrected chi connectivity index (χ2v) is 6.61. The van der Waals surface area contributed by atoms with Crippen LogP contribution in [0.25, 0.3) is 10.2 Å². The Bertz CT molecular complexity index is 847. The van der Waals surface area contributed by atoms with Gasteiger partial charge in [-0.25, -0.2) is 14.4 Å². The van der Waals surface area contributed by atoms with Gasteiger partial charge in [-0.3, -0.25) is 4.79 Å². The average molecular weight is 344 g/mol. The molecule has 0 saturated heterocycles. The highest BCUT2D eigenvalue weighted by atomic mass is 32.1. The van der Waals surface area contributed by atoms with Gasteiger partial charge in [0.1, 0.15) is 22.8 Å². The van der Waals surface area contributed by atoms with Gasteiger partial charge < -0.3 is 10.6 Å². The molecule has 1 aromatic carbocycles. The molecule has 24 heavy (non-hydrogen) atoms. The third-order valence-electron chi connectivity index (χ3n) is 3.52. The van der Waals surface area contributed by atoms with Crippen LogP contribution in [0.4, 0.5) is 10.2 Å². The summed E-state index contributed by atoms with van der Waals surface area (Å²) in [5.41, 5.74) is 0.982. The first-order chi connectivity index (χ1) is 11.6. The number of rotatable bonds is 6. The van der Waals surface area contributed by atoms with Crippen LogP contribution in [-0.2, 0) is 11.2 Å². The molecule has 2 N–H and O–H groups in total. The summed E-state index contributed by atoms with van der Waals surface area (Å²) in [6.07, 6.45) is 2.15. The molecule has 0 saturated carbocycles. The molecule has 0 bridgehead atoms. The second-order valence-electron chi connectivity index (χ2n) is 5.38. The summed E-state index contributed by atoms with van der Waals surface area (Å²) in [6.45, 7) is 2.66. The molecular weight excluding hydrogens is 327 g/mol. The van der Waals surface area contributed by atoms with Crippen LogP contribution >= 0.6 is 11.3 Å². The Hall–Kier alpha value is -2.54. The van der Waals surface area contributed by atoms with Crippen LogP contribution < -0.4 is 10.6 Å².